The number of H-pyrrole nitrogens is 1. The van der Waals surface area contributed by atoms with Crippen molar-refractivity contribution in [2.24, 2.45) is 0 Å². The summed E-state index contributed by atoms with van der Waals surface area (Å²) in [6.45, 7) is 8.36. The highest BCUT2D eigenvalue weighted by atomic mass is 16.2. The lowest BCUT2D eigenvalue weighted by Crippen LogP contribution is -2.51. The topological polar surface area (TPSA) is 87.2 Å². The van der Waals surface area contributed by atoms with E-state index >= 15 is 0 Å². The van der Waals surface area contributed by atoms with Crippen LogP contribution in [0, 0.1) is 0 Å². The predicted octanol–water partition coefficient (Wildman–Crippen LogP) is 1.07. The first-order chi connectivity index (χ1) is 12.3. The molecule has 0 radical (unpaired) electrons. The Kier molecular flexibility index (Phi) is 5.00. The Balaban J connectivity index is 1.69. The van der Waals surface area contributed by atoms with Gasteiger partial charge in [-0.05, 0) is 45.7 Å². The Morgan fingerprint density at radius 1 is 1.19 bits per heavy atom. The molecule has 1 aliphatic heterocycles. The molecule has 2 aromatic rings. The van der Waals surface area contributed by atoms with E-state index in [1.165, 1.54) is 4.57 Å². The van der Waals surface area contributed by atoms with E-state index in [-0.39, 0.29) is 24.0 Å². The number of amides is 1. The molecular formula is C19H26N4O3. The van der Waals surface area contributed by atoms with E-state index in [0.717, 1.165) is 25.9 Å². The Hall–Kier alpha value is -2.41. The van der Waals surface area contributed by atoms with Crippen molar-refractivity contribution in [2.45, 2.75) is 51.7 Å². The summed E-state index contributed by atoms with van der Waals surface area (Å²) in [5, 5.41) is 3.43. The van der Waals surface area contributed by atoms with Crippen LogP contribution in [0.1, 0.15) is 33.6 Å². The third-order valence-electron chi connectivity index (χ3n) is 5.02. The van der Waals surface area contributed by atoms with Gasteiger partial charge in [0.1, 0.15) is 6.54 Å². The van der Waals surface area contributed by atoms with Gasteiger partial charge in [-0.15, -0.1) is 0 Å². The summed E-state index contributed by atoms with van der Waals surface area (Å²) in [6, 6.07) is 6.92. The fourth-order valence-electron chi connectivity index (χ4n) is 3.51. The number of rotatable bonds is 3. The Bertz CT molecular complexity index is 915. The second-order valence-electron chi connectivity index (χ2n) is 7.86. The summed E-state index contributed by atoms with van der Waals surface area (Å²) in [4.78, 5) is 41.2. The van der Waals surface area contributed by atoms with E-state index in [9.17, 15) is 14.4 Å². The number of aromatic nitrogens is 2. The zero-order valence-corrected chi connectivity index (χ0v) is 15.5. The maximum Gasteiger partial charge on any atom is 0.329 e. The van der Waals surface area contributed by atoms with Gasteiger partial charge in [0.15, 0.2) is 0 Å². The molecule has 7 heteroatoms. The molecule has 1 aliphatic rings. The van der Waals surface area contributed by atoms with Crippen LogP contribution in [0.3, 0.4) is 0 Å². The van der Waals surface area contributed by atoms with Crippen LogP contribution < -0.4 is 16.6 Å². The normalized spacial score (nSPS) is 16.7. The number of nitrogens with zero attached hydrogens (tertiary/aromatic N) is 2. The average Bonchev–Trinajstić information content (AvgIpc) is 2.58. The number of nitrogens with one attached hydrogen (secondary N) is 2. The van der Waals surface area contributed by atoms with E-state index in [2.05, 4.69) is 36.0 Å². The Morgan fingerprint density at radius 3 is 2.50 bits per heavy atom. The zero-order chi connectivity index (χ0) is 18.9. The number of carbonyl (C=O) groups is 1. The molecule has 1 aromatic heterocycles. The second-order valence-corrected chi connectivity index (χ2v) is 7.86. The number of likely N-dealkylation sites (tertiary alicyclic amines) is 1. The van der Waals surface area contributed by atoms with Gasteiger partial charge in [-0.25, -0.2) is 4.79 Å². The monoisotopic (exact) mass is 358 g/mol. The highest BCUT2D eigenvalue weighted by molar-refractivity contribution is 5.81. The number of hydrogen-bond donors (Lipinski definition) is 2. The second kappa shape index (κ2) is 7.07. The maximum absolute atomic E-state index is 12.5. The van der Waals surface area contributed by atoms with E-state index in [0.29, 0.717) is 10.9 Å². The highest BCUT2D eigenvalue weighted by Crippen LogP contribution is 2.20. The largest absolute Gasteiger partial charge is 0.352 e. The van der Waals surface area contributed by atoms with Crippen molar-refractivity contribution in [3.63, 3.8) is 0 Å². The van der Waals surface area contributed by atoms with Gasteiger partial charge in [-0.2, -0.15) is 0 Å². The van der Waals surface area contributed by atoms with E-state index in [4.69, 9.17) is 0 Å². The molecule has 2 N–H and O–H groups in total. The summed E-state index contributed by atoms with van der Waals surface area (Å²) in [7, 11) is 0. The van der Waals surface area contributed by atoms with Crippen molar-refractivity contribution in [2.75, 3.05) is 13.1 Å². The molecule has 140 valence electrons. The van der Waals surface area contributed by atoms with Crippen LogP contribution in [-0.4, -0.2) is 45.0 Å². The minimum absolute atomic E-state index is 0.102. The Labute approximate surface area is 152 Å². The fourth-order valence-corrected chi connectivity index (χ4v) is 3.51. The first-order valence-corrected chi connectivity index (χ1v) is 9.02. The van der Waals surface area contributed by atoms with Crippen LogP contribution in [0.2, 0.25) is 0 Å². The van der Waals surface area contributed by atoms with Crippen molar-refractivity contribution in [1.82, 2.24) is 19.8 Å². The number of hydrogen-bond acceptors (Lipinski definition) is 4. The minimum Gasteiger partial charge on any atom is -0.352 e. The van der Waals surface area contributed by atoms with Crippen molar-refractivity contribution in [3.8, 4) is 0 Å². The van der Waals surface area contributed by atoms with Crippen molar-refractivity contribution >= 4 is 16.8 Å². The summed E-state index contributed by atoms with van der Waals surface area (Å²) in [5.41, 5.74) is -0.390. The van der Waals surface area contributed by atoms with Gasteiger partial charge in [0.2, 0.25) is 5.91 Å². The van der Waals surface area contributed by atoms with Crippen molar-refractivity contribution in [1.29, 1.82) is 0 Å². The maximum atomic E-state index is 12.5. The SMILES string of the molecule is CC(C)(C)N1CCC(NC(=O)Cn2c(=O)[nH]c(=O)c3ccccc32)CC1. The van der Waals surface area contributed by atoms with Crippen LogP contribution >= 0.6 is 0 Å². The van der Waals surface area contributed by atoms with Gasteiger partial charge in [0, 0.05) is 24.7 Å². The van der Waals surface area contributed by atoms with E-state index < -0.39 is 11.2 Å². The number of benzene rings is 1. The summed E-state index contributed by atoms with van der Waals surface area (Å²) in [6.07, 6.45) is 1.79. The highest BCUT2D eigenvalue weighted by Gasteiger charge is 2.27. The molecule has 0 aliphatic carbocycles. The van der Waals surface area contributed by atoms with Gasteiger partial charge < -0.3 is 5.32 Å². The summed E-state index contributed by atoms with van der Waals surface area (Å²) in [5.74, 6) is -0.210. The molecule has 0 saturated carbocycles. The number of piperidine rings is 1. The molecule has 3 rings (SSSR count). The van der Waals surface area contributed by atoms with Crippen LogP contribution in [0.5, 0.6) is 0 Å². The molecule has 7 nitrogen and oxygen atoms in total. The molecule has 1 fully saturated rings. The molecule has 1 saturated heterocycles. The fraction of sp³-hybridized carbons (Fsp3) is 0.526. The molecule has 0 atom stereocenters. The molecular weight excluding hydrogens is 332 g/mol. The number of para-hydroxylation sites is 1. The molecule has 2 heterocycles. The van der Waals surface area contributed by atoms with Gasteiger partial charge in [-0.3, -0.25) is 24.0 Å². The van der Waals surface area contributed by atoms with Crippen molar-refractivity contribution in [3.05, 3.63) is 45.1 Å². The lowest BCUT2D eigenvalue weighted by atomic mass is 9.98. The number of carbonyl (C=O) groups excluding carboxylic acids is 1. The first kappa shape index (κ1) is 18.4. The molecule has 1 amide bonds. The number of fused-ring (bicyclic) bond motifs is 1. The molecule has 26 heavy (non-hydrogen) atoms. The standard InChI is InChI=1S/C19H26N4O3/c1-19(2,3)22-10-8-13(9-11-22)20-16(24)12-23-15-7-5-4-6-14(15)17(25)21-18(23)26/h4-7,13H,8-12H2,1-3H3,(H,20,24)(H,21,25,26). The van der Waals surface area contributed by atoms with Crippen LogP contribution in [0.15, 0.2) is 33.9 Å². The lowest BCUT2D eigenvalue weighted by molar-refractivity contribution is -0.122. The first-order valence-electron chi connectivity index (χ1n) is 9.02. The molecule has 0 spiro atoms. The third kappa shape index (κ3) is 3.88. The smallest absolute Gasteiger partial charge is 0.329 e. The van der Waals surface area contributed by atoms with E-state index in [1.807, 2.05) is 0 Å². The number of aromatic amines is 1. The predicted molar refractivity (Wildman–Crippen MR) is 101 cm³/mol. The molecule has 1 aromatic carbocycles. The van der Waals surface area contributed by atoms with Gasteiger partial charge in [-0.1, -0.05) is 12.1 Å². The van der Waals surface area contributed by atoms with Crippen LogP contribution in [-0.2, 0) is 11.3 Å². The minimum atomic E-state index is -0.564. The van der Waals surface area contributed by atoms with E-state index in [1.54, 1.807) is 24.3 Å². The van der Waals surface area contributed by atoms with Crippen LogP contribution in [0.25, 0.3) is 10.9 Å². The lowest BCUT2D eigenvalue weighted by Gasteiger charge is -2.41. The summed E-state index contributed by atoms with van der Waals surface area (Å²) >= 11 is 0. The van der Waals surface area contributed by atoms with Crippen molar-refractivity contribution < 1.29 is 4.79 Å². The van der Waals surface area contributed by atoms with Crippen LogP contribution in [0.4, 0.5) is 0 Å². The quantitative estimate of drug-likeness (QED) is 0.859. The molecule has 0 bridgehead atoms. The zero-order valence-electron chi connectivity index (χ0n) is 15.5. The van der Waals surface area contributed by atoms with Gasteiger partial charge in [0.25, 0.3) is 5.56 Å². The van der Waals surface area contributed by atoms with Gasteiger partial charge in [0.05, 0.1) is 10.9 Å². The Morgan fingerprint density at radius 2 is 1.85 bits per heavy atom. The van der Waals surface area contributed by atoms with Gasteiger partial charge >= 0.3 is 5.69 Å². The average molecular weight is 358 g/mol. The summed E-state index contributed by atoms with van der Waals surface area (Å²) < 4.78 is 1.32. The molecule has 0 unspecified atom stereocenters. The third-order valence-corrected chi connectivity index (χ3v) is 5.02.